The monoisotopic (exact) mass is 603 g/mol. The molecule has 0 aromatic heterocycles. The zero-order valence-electron chi connectivity index (χ0n) is 22.9. The number of amides is 2. The van der Waals surface area contributed by atoms with Crippen molar-refractivity contribution in [1.29, 1.82) is 0 Å². The molecule has 1 N–H and O–H groups in total. The summed E-state index contributed by atoms with van der Waals surface area (Å²) in [5.74, 6) is -0.830. The third-order valence-electron chi connectivity index (χ3n) is 6.39. The van der Waals surface area contributed by atoms with Gasteiger partial charge in [0.25, 0.3) is 0 Å². The van der Waals surface area contributed by atoms with Gasteiger partial charge in [0.2, 0.25) is 21.8 Å². The lowest BCUT2D eigenvalue weighted by molar-refractivity contribution is -0.140. The first-order chi connectivity index (χ1) is 19.0. The zero-order chi connectivity index (χ0) is 29.3. The quantitative estimate of drug-likeness (QED) is 0.257. The first kappa shape index (κ1) is 31.5. The number of nitrogens with one attached hydrogen (secondary N) is 1. The van der Waals surface area contributed by atoms with Gasteiger partial charge in [0.05, 0.1) is 11.9 Å². The van der Waals surface area contributed by atoms with Crippen LogP contribution in [0.4, 0.5) is 5.69 Å². The fourth-order valence-electron chi connectivity index (χ4n) is 4.25. The number of halogens is 2. The van der Waals surface area contributed by atoms with Crippen molar-refractivity contribution in [2.24, 2.45) is 0 Å². The largest absolute Gasteiger partial charge is 0.354 e. The smallest absolute Gasteiger partial charge is 0.244 e. The molecule has 214 valence electrons. The van der Waals surface area contributed by atoms with Gasteiger partial charge < -0.3 is 10.2 Å². The van der Waals surface area contributed by atoms with E-state index in [2.05, 4.69) is 5.32 Å². The summed E-state index contributed by atoms with van der Waals surface area (Å²) < 4.78 is 26.7. The van der Waals surface area contributed by atoms with Crippen molar-refractivity contribution in [3.8, 4) is 0 Å². The predicted molar refractivity (Wildman–Crippen MR) is 162 cm³/mol. The molecule has 3 aromatic rings. The van der Waals surface area contributed by atoms with E-state index in [0.717, 1.165) is 40.1 Å². The number of sulfonamides is 1. The number of aryl methyl sites for hydroxylation is 1. The van der Waals surface area contributed by atoms with Crippen LogP contribution in [-0.2, 0) is 32.6 Å². The van der Waals surface area contributed by atoms with Gasteiger partial charge in [0, 0.05) is 29.6 Å². The molecule has 0 spiro atoms. The molecule has 3 aromatic carbocycles. The Morgan fingerprint density at radius 3 is 2.12 bits per heavy atom. The maximum atomic E-state index is 14.1. The average molecular weight is 605 g/mol. The highest BCUT2D eigenvalue weighted by Gasteiger charge is 2.33. The second kappa shape index (κ2) is 14.5. The van der Waals surface area contributed by atoms with Crippen LogP contribution in [0, 0.1) is 6.92 Å². The molecule has 0 bridgehead atoms. The van der Waals surface area contributed by atoms with E-state index in [1.807, 2.05) is 68.4 Å². The standard InChI is InChI=1S/C30H35Cl2N3O4S/c1-4-5-15-33-30(37)28(16-23-9-7-6-8-10-23)34(20-24-13-11-22(2)12-14-24)29(36)21-35(40(3,38)39)27-18-25(31)17-26(32)19-27/h6-14,17-19,28H,4-5,15-16,20-21H2,1-3H3,(H,33,37)/t28-/m1/s1. The van der Waals surface area contributed by atoms with Gasteiger partial charge in [-0.3, -0.25) is 13.9 Å². The van der Waals surface area contributed by atoms with Crippen molar-refractivity contribution in [2.75, 3.05) is 23.7 Å². The van der Waals surface area contributed by atoms with Crippen LogP contribution >= 0.6 is 23.2 Å². The van der Waals surface area contributed by atoms with Crippen molar-refractivity contribution in [2.45, 2.75) is 45.7 Å². The molecule has 0 unspecified atom stereocenters. The summed E-state index contributed by atoms with van der Waals surface area (Å²) in [5, 5.41) is 3.43. The molecule has 0 aliphatic rings. The number of hydrogen-bond acceptors (Lipinski definition) is 4. The van der Waals surface area contributed by atoms with Crippen LogP contribution in [0.25, 0.3) is 0 Å². The van der Waals surface area contributed by atoms with Gasteiger partial charge in [-0.2, -0.15) is 0 Å². The molecule has 10 heteroatoms. The van der Waals surface area contributed by atoms with Crippen LogP contribution in [0.3, 0.4) is 0 Å². The summed E-state index contributed by atoms with van der Waals surface area (Å²) in [6.45, 7) is 4.05. The second-order valence-corrected chi connectivity index (χ2v) is 12.5. The van der Waals surface area contributed by atoms with Crippen molar-refractivity contribution in [3.63, 3.8) is 0 Å². The molecule has 0 aliphatic carbocycles. The van der Waals surface area contributed by atoms with Crippen molar-refractivity contribution >= 4 is 50.7 Å². The first-order valence-corrected chi connectivity index (χ1v) is 15.7. The number of anilines is 1. The Bertz CT molecular complexity index is 1380. The highest BCUT2D eigenvalue weighted by molar-refractivity contribution is 7.92. The number of nitrogens with zero attached hydrogens (tertiary/aromatic N) is 2. The molecule has 7 nitrogen and oxygen atoms in total. The third kappa shape index (κ3) is 9.25. The Kier molecular flexibility index (Phi) is 11.4. The summed E-state index contributed by atoms with van der Waals surface area (Å²) in [5.41, 5.74) is 2.91. The van der Waals surface area contributed by atoms with E-state index in [4.69, 9.17) is 23.2 Å². The number of rotatable bonds is 13. The average Bonchev–Trinajstić information content (AvgIpc) is 2.89. The van der Waals surface area contributed by atoms with Gasteiger partial charge in [-0.15, -0.1) is 0 Å². The molecule has 0 heterocycles. The molecule has 3 rings (SSSR count). The third-order valence-corrected chi connectivity index (χ3v) is 7.97. The van der Waals surface area contributed by atoms with Gasteiger partial charge in [-0.1, -0.05) is 96.7 Å². The molecule has 0 radical (unpaired) electrons. The van der Waals surface area contributed by atoms with Crippen LogP contribution < -0.4 is 9.62 Å². The molecular weight excluding hydrogens is 569 g/mol. The lowest BCUT2D eigenvalue weighted by atomic mass is 10.0. The minimum atomic E-state index is -3.91. The van der Waals surface area contributed by atoms with Gasteiger partial charge in [-0.25, -0.2) is 8.42 Å². The Labute approximate surface area is 247 Å². The van der Waals surface area contributed by atoms with E-state index in [-0.39, 0.29) is 34.6 Å². The Balaban J connectivity index is 2.04. The molecule has 0 saturated carbocycles. The summed E-state index contributed by atoms with van der Waals surface area (Å²) in [4.78, 5) is 29.1. The van der Waals surface area contributed by atoms with Crippen LogP contribution in [0.1, 0.15) is 36.5 Å². The minimum absolute atomic E-state index is 0.117. The predicted octanol–water partition coefficient (Wildman–Crippen LogP) is 5.62. The first-order valence-electron chi connectivity index (χ1n) is 13.1. The number of unbranched alkanes of at least 4 members (excludes halogenated alkanes) is 1. The molecule has 0 fully saturated rings. The molecule has 0 aliphatic heterocycles. The normalized spacial score (nSPS) is 12.0. The van der Waals surface area contributed by atoms with E-state index < -0.39 is 28.5 Å². The SMILES string of the molecule is CCCCNC(=O)[C@@H](Cc1ccccc1)N(Cc1ccc(C)cc1)C(=O)CN(c1cc(Cl)cc(Cl)c1)S(C)(=O)=O. The van der Waals surface area contributed by atoms with Crippen molar-refractivity contribution < 1.29 is 18.0 Å². The number of carbonyl (C=O) groups is 2. The summed E-state index contributed by atoms with van der Waals surface area (Å²) in [7, 11) is -3.91. The Morgan fingerprint density at radius 2 is 1.55 bits per heavy atom. The van der Waals surface area contributed by atoms with E-state index in [1.165, 1.54) is 23.1 Å². The highest BCUT2D eigenvalue weighted by atomic mass is 35.5. The van der Waals surface area contributed by atoms with Gasteiger partial charge in [-0.05, 0) is 42.7 Å². The fraction of sp³-hybridized carbons (Fsp3) is 0.333. The van der Waals surface area contributed by atoms with Gasteiger partial charge in [0.1, 0.15) is 12.6 Å². The molecule has 2 amide bonds. The number of carbonyl (C=O) groups excluding carboxylic acids is 2. The summed E-state index contributed by atoms with van der Waals surface area (Å²) in [6.07, 6.45) is 2.98. The van der Waals surface area contributed by atoms with E-state index >= 15 is 0 Å². The molecular formula is C30H35Cl2N3O4S. The fourth-order valence-corrected chi connectivity index (χ4v) is 5.60. The second-order valence-electron chi connectivity index (χ2n) is 9.75. The molecule has 40 heavy (non-hydrogen) atoms. The van der Waals surface area contributed by atoms with E-state index in [0.29, 0.717) is 6.54 Å². The van der Waals surface area contributed by atoms with Crippen LogP contribution in [0.5, 0.6) is 0 Å². The maximum Gasteiger partial charge on any atom is 0.244 e. The van der Waals surface area contributed by atoms with E-state index in [1.54, 1.807) is 0 Å². The molecule has 0 saturated heterocycles. The molecule has 1 atom stereocenters. The summed E-state index contributed by atoms with van der Waals surface area (Å²) >= 11 is 12.3. The lowest BCUT2D eigenvalue weighted by Gasteiger charge is -2.33. The zero-order valence-corrected chi connectivity index (χ0v) is 25.3. The van der Waals surface area contributed by atoms with Crippen LogP contribution in [0.2, 0.25) is 10.0 Å². The van der Waals surface area contributed by atoms with Crippen molar-refractivity contribution in [1.82, 2.24) is 10.2 Å². The number of benzene rings is 3. The van der Waals surface area contributed by atoms with Crippen LogP contribution in [-0.4, -0.2) is 50.5 Å². The minimum Gasteiger partial charge on any atom is -0.354 e. The number of hydrogen-bond donors (Lipinski definition) is 1. The highest BCUT2D eigenvalue weighted by Crippen LogP contribution is 2.27. The van der Waals surface area contributed by atoms with E-state index in [9.17, 15) is 18.0 Å². The Morgan fingerprint density at radius 1 is 0.925 bits per heavy atom. The lowest BCUT2D eigenvalue weighted by Crippen LogP contribution is -2.53. The van der Waals surface area contributed by atoms with Crippen LogP contribution in [0.15, 0.2) is 72.8 Å². The van der Waals surface area contributed by atoms with Crippen molar-refractivity contribution in [3.05, 3.63) is 99.5 Å². The van der Waals surface area contributed by atoms with Gasteiger partial charge in [0.15, 0.2) is 0 Å². The Hall–Kier alpha value is -3.07. The topological polar surface area (TPSA) is 86.8 Å². The maximum absolute atomic E-state index is 14.1. The summed E-state index contributed by atoms with van der Waals surface area (Å²) in [6, 6.07) is 20.6. The van der Waals surface area contributed by atoms with Gasteiger partial charge >= 0.3 is 0 Å².